The van der Waals surface area contributed by atoms with Crippen LogP contribution < -0.4 is 4.74 Å². The Morgan fingerprint density at radius 1 is 0.875 bits per heavy atom. The van der Waals surface area contributed by atoms with Crippen molar-refractivity contribution in [2.24, 2.45) is 0 Å². The van der Waals surface area contributed by atoms with Crippen molar-refractivity contribution in [3.63, 3.8) is 0 Å². The van der Waals surface area contributed by atoms with Crippen LogP contribution in [0.1, 0.15) is 69.4 Å². The number of rotatable bonds is 11. The molecule has 0 aliphatic rings. The monoisotopic (exact) mass is 334 g/mol. The second-order valence-corrected chi connectivity index (χ2v) is 6.21. The van der Waals surface area contributed by atoms with Crippen LogP contribution in [0.25, 0.3) is 0 Å². The third kappa shape index (κ3) is 8.70. The van der Waals surface area contributed by atoms with Crippen LogP contribution in [-0.2, 0) is 14.3 Å². The average molecular weight is 334 g/mol. The summed E-state index contributed by atoms with van der Waals surface area (Å²) in [5, 5.41) is 0. The van der Waals surface area contributed by atoms with Gasteiger partial charge in [0.2, 0.25) is 0 Å². The van der Waals surface area contributed by atoms with Gasteiger partial charge in [-0.1, -0.05) is 32.3 Å². The fraction of sp³-hybridized carbons (Fsp3) is 0.600. The van der Waals surface area contributed by atoms with E-state index in [2.05, 4.69) is 6.92 Å². The van der Waals surface area contributed by atoms with Gasteiger partial charge >= 0.3 is 11.9 Å². The van der Waals surface area contributed by atoms with E-state index < -0.39 is 0 Å². The van der Waals surface area contributed by atoms with Crippen LogP contribution in [0.5, 0.6) is 5.75 Å². The Labute approximate surface area is 145 Å². The molecule has 0 saturated heterocycles. The zero-order chi connectivity index (χ0) is 17.8. The van der Waals surface area contributed by atoms with Crippen molar-refractivity contribution in [3.8, 4) is 5.75 Å². The molecular weight excluding hydrogens is 304 g/mol. The maximum Gasteiger partial charge on any atom is 0.311 e. The first kappa shape index (κ1) is 20.2. The number of hydrogen-bond donors (Lipinski definition) is 0. The van der Waals surface area contributed by atoms with Gasteiger partial charge in [0.1, 0.15) is 5.75 Å². The summed E-state index contributed by atoms with van der Waals surface area (Å²) in [4.78, 5) is 23.3. The summed E-state index contributed by atoms with van der Waals surface area (Å²) in [6.45, 7) is 6.66. The molecule has 0 bridgehead atoms. The van der Waals surface area contributed by atoms with E-state index in [1.807, 2.05) is 26.0 Å². The first-order chi connectivity index (χ1) is 11.5. The molecule has 24 heavy (non-hydrogen) atoms. The lowest BCUT2D eigenvalue weighted by Gasteiger charge is -2.07. The molecule has 1 aromatic carbocycles. The first-order valence-electron chi connectivity index (χ1n) is 8.96. The van der Waals surface area contributed by atoms with Gasteiger partial charge in [0.25, 0.3) is 0 Å². The van der Waals surface area contributed by atoms with Crippen molar-refractivity contribution in [2.45, 2.75) is 72.1 Å². The van der Waals surface area contributed by atoms with E-state index in [0.717, 1.165) is 18.4 Å². The highest BCUT2D eigenvalue weighted by atomic mass is 16.5. The predicted molar refractivity (Wildman–Crippen MR) is 95.1 cm³/mol. The topological polar surface area (TPSA) is 52.6 Å². The van der Waals surface area contributed by atoms with E-state index in [9.17, 15) is 9.59 Å². The van der Waals surface area contributed by atoms with Crippen molar-refractivity contribution in [2.75, 3.05) is 6.61 Å². The molecule has 0 atom stereocenters. The smallest absolute Gasteiger partial charge is 0.311 e. The zero-order valence-corrected chi connectivity index (χ0v) is 15.2. The first-order valence-corrected chi connectivity index (χ1v) is 8.96. The fourth-order valence-electron chi connectivity index (χ4n) is 2.29. The Morgan fingerprint density at radius 2 is 1.58 bits per heavy atom. The number of esters is 2. The van der Waals surface area contributed by atoms with Gasteiger partial charge in [-0.15, -0.1) is 0 Å². The molecule has 0 N–H and O–H groups in total. The van der Waals surface area contributed by atoms with E-state index >= 15 is 0 Å². The van der Waals surface area contributed by atoms with Crippen molar-refractivity contribution in [3.05, 3.63) is 29.3 Å². The quantitative estimate of drug-likeness (QED) is 0.328. The molecule has 0 unspecified atom stereocenters. The summed E-state index contributed by atoms with van der Waals surface area (Å²) in [5.74, 6) is 0.148. The third-order valence-electron chi connectivity index (χ3n) is 3.98. The Morgan fingerprint density at radius 3 is 2.25 bits per heavy atom. The maximum absolute atomic E-state index is 11.8. The second-order valence-electron chi connectivity index (χ2n) is 6.21. The van der Waals surface area contributed by atoms with E-state index in [4.69, 9.17) is 9.47 Å². The van der Waals surface area contributed by atoms with Crippen LogP contribution in [0.2, 0.25) is 0 Å². The maximum atomic E-state index is 11.8. The van der Waals surface area contributed by atoms with Gasteiger partial charge in [-0.2, -0.15) is 0 Å². The molecule has 0 aliphatic heterocycles. The molecule has 1 aromatic rings. The number of aryl methyl sites for hydroxylation is 2. The summed E-state index contributed by atoms with van der Waals surface area (Å²) < 4.78 is 10.5. The van der Waals surface area contributed by atoms with Crippen molar-refractivity contribution >= 4 is 11.9 Å². The van der Waals surface area contributed by atoms with Crippen molar-refractivity contribution < 1.29 is 19.1 Å². The van der Waals surface area contributed by atoms with E-state index in [-0.39, 0.29) is 11.9 Å². The van der Waals surface area contributed by atoms with E-state index in [1.165, 1.54) is 18.4 Å². The Bertz CT molecular complexity index is 522. The van der Waals surface area contributed by atoms with Gasteiger partial charge in [0.15, 0.2) is 0 Å². The summed E-state index contributed by atoms with van der Waals surface area (Å²) in [7, 11) is 0. The van der Waals surface area contributed by atoms with Crippen LogP contribution in [0, 0.1) is 13.8 Å². The Kier molecular flexibility index (Phi) is 9.81. The van der Waals surface area contributed by atoms with Crippen LogP contribution in [0.15, 0.2) is 18.2 Å². The van der Waals surface area contributed by atoms with Crippen LogP contribution in [0.4, 0.5) is 0 Å². The van der Waals surface area contributed by atoms with E-state index in [1.54, 1.807) is 6.07 Å². The number of unbranched alkanes of at least 4 members (excludes halogenated alkanes) is 4. The number of hydrogen-bond acceptors (Lipinski definition) is 4. The summed E-state index contributed by atoms with van der Waals surface area (Å²) in [5.41, 5.74) is 2.27. The van der Waals surface area contributed by atoms with E-state index in [0.29, 0.717) is 38.0 Å². The zero-order valence-electron chi connectivity index (χ0n) is 15.2. The number of benzene rings is 1. The molecule has 0 amide bonds. The minimum Gasteiger partial charge on any atom is -0.466 e. The van der Waals surface area contributed by atoms with Gasteiger partial charge in [-0.3, -0.25) is 9.59 Å². The minimum atomic E-state index is -0.258. The molecule has 1 rings (SSSR count). The van der Waals surface area contributed by atoms with Gasteiger partial charge in [-0.25, -0.2) is 0 Å². The average Bonchev–Trinajstić information content (AvgIpc) is 2.55. The van der Waals surface area contributed by atoms with Crippen molar-refractivity contribution in [1.29, 1.82) is 0 Å². The highest BCUT2D eigenvalue weighted by molar-refractivity contribution is 5.72. The molecule has 0 aliphatic carbocycles. The summed E-state index contributed by atoms with van der Waals surface area (Å²) in [6.07, 6.45) is 6.36. The van der Waals surface area contributed by atoms with Crippen LogP contribution >= 0.6 is 0 Å². The molecule has 0 radical (unpaired) electrons. The minimum absolute atomic E-state index is 0.172. The lowest BCUT2D eigenvalue weighted by Crippen LogP contribution is -2.09. The van der Waals surface area contributed by atoms with Crippen molar-refractivity contribution in [1.82, 2.24) is 0 Å². The highest BCUT2D eigenvalue weighted by Crippen LogP contribution is 2.17. The summed E-state index contributed by atoms with van der Waals surface area (Å²) >= 11 is 0. The molecular formula is C20H30O4. The molecule has 0 spiro atoms. The SMILES string of the molecule is CCCCCCOC(=O)CCCCC(=O)Oc1ccc(C)c(C)c1. The predicted octanol–water partition coefficient (Wildman–Crippen LogP) is 4.89. The number of carbonyl (C=O) groups excluding carboxylic acids is 2. The molecule has 4 nitrogen and oxygen atoms in total. The fourth-order valence-corrected chi connectivity index (χ4v) is 2.29. The lowest BCUT2D eigenvalue weighted by atomic mass is 10.1. The number of carbonyl (C=O) groups is 2. The highest BCUT2D eigenvalue weighted by Gasteiger charge is 2.08. The van der Waals surface area contributed by atoms with Gasteiger partial charge < -0.3 is 9.47 Å². The van der Waals surface area contributed by atoms with Crippen LogP contribution in [-0.4, -0.2) is 18.5 Å². The van der Waals surface area contributed by atoms with Gasteiger partial charge in [-0.05, 0) is 56.4 Å². The standard InChI is InChI=1S/C20H30O4/c1-4-5-6-9-14-23-19(21)10-7-8-11-20(22)24-18-13-12-16(2)17(3)15-18/h12-13,15H,4-11,14H2,1-3H3. The third-order valence-corrected chi connectivity index (χ3v) is 3.98. The lowest BCUT2D eigenvalue weighted by molar-refractivity contribution is -0.144. The second kappa shape index (κ2) is 11.7. The van der Waals surface area contributed by atoms with Gasteiger partial charge in [0, 0.05) is 12.8 Å². The molecule has 0 saturated carbocycles. The Balaban J connectivity index is 2.10. The normalized spacial score (nSPS) is 10.5. The Hall–Kier alpha value is -1.84. The molecule has 4 heteroatoms. The molecule has 134 valence electrons. The number of ether oxygens (including phenoxy) is 2. The van der Waals surface area contributed by atoms with Gasteiger partial charge in [0.05, 0.1) is 6.61 Å². The molecule has 0 fully saturated rings. The van der Waals surface area contributed by atoms with Crippen LogP contribution in [0.3, 0.4) is 0 Å². The summed E-state index contributed by atoms with van der Waals surface area (Å²) in [6, 6.07) is 5.60. The molecule has 0 aromatic heterocycles. The molecule has 0 heterocycles. The largest absolute Gasteiger partial charge is 0.466 e.